The summed E-state index contributed by atoms with van der Waals surface area (Å²) in [6.45, 7) is 17.1. The van der Waals surface area contributed by atoms with Crippen molar-refractivity contribution in [1.29, 1.82) is 0 Å². The average molecular weight is 414 g/mol. The molecule has 2 saturated heterocycles. The molecule has 0 aromatic carbocycles. The van der Waals surface area contributed by atoms with Gasteiger partial charge in [0.1, 0.15) is 32.0 Å². The van der Waals surface area contributed by atoms with E-state index in [1.54, 1.807) is 20.8 Å². The number of carbonyl (C=O) groups is 3. The van der Waals surface area contributed by atoms with E-state index in [0.29, 0.717) is 43.1 Å². The van der Waals surface area contributed by atoms with Crippen LogP contribution in [0.3, 0.4) is 0 Å². The molecule has 0 radical (unpaired) electrons. The summed E-state index contributed by atoms with van der Waals surface area (Å²) < 4.78 is 23.7. The molecule has 29 heavy (non-hydrogen) atoms. The molecule has 0 spiro atoms. The van der Waals surface area contributed by atoms with Crippen LogP contribution < -0.4 is 0 Å². The van der Waals surface area contributed by atoms with E-state index in [1.165, 1.54) is 0 Å². The smallest absolute Gasteiger partial charge is 0.333 e. The van der Waals surface area contributed by atoms with E-state index in [-0.39, 0.29) is 37.4 Å². The number of hydrogen-bond acceptors (Lipinski definition) is 9. The van der Waals surface area contributed by atoms with E-state index in [0.717, 1.165) is 0 Å². The van der Waals surface area contributed by atoms with E-state index in [9.17, 15) is 14.4 Å². The van der Waals surface area contributed by atoms with Gasteiger partial charge in [-0.05, 0) is 20.8 Å². The SMILES string of the molecule is C=C(C)C(=O)OCC1CO1.C=C(C)C(=O)OCC1CO1.C=C(C)C(=O)OCCO. The number of rotatable bonds is 9. The fourth-order valence-electron chi connectivity index (χ4n) is 1.17. The van der Waals surface area contributed by atoms with Gasteiger partial charge < -0.3 is 28.8 Å². The van der Waals surface area contributed by atoms with Crippen LogP contribution in [0.25, 0.3) is 0 Å². The monoisotopic (exact) mass is 414 g/mol. The molecule has 2 aliphatic rings. The number of ether oxygens (including phenoxy) is 5. The lowest BCUT2D eigenvalue weighted by Crippen LogP contribution is -2.09. The van der Waals surface area contributed by atoms with Gasteiger partial charge >= 0.3 is 17.9 Å². The maximum atomic E-state index is 10.7. The molecule has 0 amide bonds. The first-order valence-electron chi connectivity index (χ1n) is 8.90. The van der Waals surface area contributed by atoms with Gasteiger partial charge in [0.2, 0.25) is 0 Å². The molecule has 1 N–H and O–H groups in total. The Labute approximate surface area is 170 Å². The lowest BCUT2D eigenvalue weighted by molar-refractivity contribution is -0.140. The minimum absolute atomic E-state index is 0.0473. The molecule has 0 aromatic heterocycles. The molecular weight excluding hydrogens is 384 g/mol. The topological polar surface area (TPSA) is 124 Å². The van der Waals surface area contributed by atoms with Crippen molar-refractivity contribution in [3.8, 4) is 0 Å². The van der Waals surface area contributed by atoms with Gasteiger partial charge in [0.05, 0.1) is 19.8 Å². The summed E-state index contributed by atoms with van der Waals surface area (Å²) in [7, 11) is 0. The molecule has 0 bridgehead atoms. The lowest BCUT2D eigenvalue weighted by atomic mass is 10.4. The zero-order valence-corrected chi connectivity index (χ0v) is 17.2. The van der Waals surface area contributed by atoms with Gasteiger partial charge in [-0.3, -0.25) is 0 Å². The van der Waals surface area contributed by atoms with E-state index >= 15 is 0 Å². The van der Waals surface area contributed by atoms with Gasteiger partial charge in [-0.25, -0.2) is 14.4 Å². The Kier molecular flexibility index (Phi) is 13.3. The Morgan fingerprint density at radius 1 is 0.793 bits per heavy atom. The van der Waals surface area contributed by atoms with Gasteiger partial charge in [-0.2, -0.15) is 0 Å². The van der Waals surface area contributed by atoms with Crippen LogP contribution >= 0.6 is 0 Å². The van der Waals surface area contributed by atoms with Crippen LogP contribution in [0.2, 0.25) is 0 Å². The van der Waals surface area contributed by atoms with Gasteiger partial charge in [0.15, 0.2) is 0 Å². The fourth-order valence-corrected chi connectivity index (χ4v) is 1.17. The first-order chi connectivity index (χ1) is 13.6. The molecule has 2 aliphatic heterocycles. The van der Waals surface area contributed by atoms with Gasteiger partial charge in [0.25, 0.3) is 0 Å². The normalized spacial score (nSPS) is 17.8. The number of aliphatic hydroxyl groups is 1. The van der Waals surface area contributed by atoms with Crippen molar-refractivity contribution in [2.24, 2.45) is 0 Å². The van der Waals surface area contributed by atoms with Crippen molar-refractivity contribution in [3.63, 3.8) is 0 Å². The molecular formula is C20H30O9. The summed E-state index contributed by atoms with van der Waals surface area (Å²) >= 11 is 0. The third kappa shape index (κ3) is 16.2. The lowest BCUT2D eigenvalue weighted by Gasteiger charge is -1.99. The van der Waals surface area contributed by atoms with Crippen LogP contribution in [0.4, 0.5) is 0 Å². The second-order valence-corrected chi connectivity index (χ2v) is 6.31. The summed E-state index contributed by atoms with van der Waals surface area (Å²) in [5.74, 6) is -1.13. The van der Waals surface area contributed by atoms with Gasteiger partial charge in [-0.1, -0.05) is 19.7 Å². The molecule has 2 atom stereocenters. The van der Waals surface area contributed by atoms with Crippen molar-refractivity contribution >= 4 is 17.9 Å². The van der Waals surface area contributed by atoms with Crippen molar-refractivity contribution in [2.75, 3.05) is 39.6 Å². The van der Waals surface area contributed by atoms with Crippen LogP contribution in [0, 0.1) is 0 Å². The first kappa shape index (κ1) is 26.5. The standard InChI is InChI=1S/2C7H10O3.C6H10O3/c2*1-5(2)7(8)10-4-6-3-9-6;1-5(2)6(8)9-4-3-7/h2*6H,1,3-4H2,2H3;7H,1,3-4H2,2H3. The Morgan fingerprint density at radius 2 is 1.10 bits per heavy atom. The predicted octanol–water partition coefficient (Wildman–Crippen LogP) is 1.11. The van der Waals surface area contributed by atoms with Gasteiger partial charge in [-0.15, -0.1) is 0 Å². The average Bonchev–Trinajstić information content (AvgIpc) is 3.56. The second-order valence-electron chi connectivity index (χ2n) is 6.31. The van der Waals surface area contributed by atoms with E-state index in [4.69, 9.17) is 24.1 Å². The number of carbonyl (C=O) groups excluding carboxylic acids is 3. The van der Waals surface area contributed by atoms with Crippen molar-refractivity contribution in [1.82, 2.24) is 0 Å². The largest absolute Gasteiger partial charge is 0.460 e. The van der Waals surface area contributed by atoms with Gasteiger partial charge in [0, 0.05) is 16.7 Å². The zero-order valence-electron chi connectivity index (χ0n) is 17.2. The van der Waals surface area contributed by atoms with E-state index < -0.39 is 5.97 Å². The molecule has 2 rings (SSSR count). The van der Waals surface area contributed by atoms with Crippen molar-refractivity contribution in [3.05, 3.63) is 36.5 Å². The molecule has 2 unspecified atom stereocenters. The summed E-state index contributed by atoms with van der Waals surface area (Å²) in [6.07, 6.45) is 0.284. The van der Waals surface area contributed by atoms with Crippen LogP contribution in [0.15, 0.2) is 36.5 Å². The zero-order chi connectivity index (χ0) is 22.4. The predicted molar refractivity (Wildman–Crippen MR) is 104 cm³/mol. The Hall–Kier alpha value is -2.49. The maximum absolute atomic E-state index is 10.7. The van der Waals surface area contributed by atoms with Crippen LogP contribution in [0.1, 0.15) is 20.8 Å². The highest BCUT2D eigenvalue weighted by Crippen LogP contribution is 2.09. The number of esters is 3. The fraction of sp³-hybridized carbons (Fsp3) is 0.550. The van der Waals surface area contributed by atoms with Crippen molar-refractivity contribution in [2.45, 2.75) is 33.0 Å². The molecule has 9 heteroatoms. The molecule has 0 saturated carbocycles. The minimum Gasteiger partial charge on any atom is -0.460 e. The summed E-state index contributed by atoms with van der Waals surface area (Å²) in [6, 6.07) is 0. The van der Waals surface area contributed by atoms with Crippen molar-refractivity contribution < 1.29 is 43.2 Å². The minimum atomic E-state index is -0.455. The van der Waals surface area contributed by atoms with E-state index in [1.807, 2.05) is 0 Å². The molecule has 164 valence electrons. The number of aliphatic hydroxyl groups excluding tert-OH is 1. The Balaban J connectivity index is 0.000000407. The molecule has 2 fully saturated rings. The second kappa shape index (κ2) is 14.5. The van der Waals surface area contributed by atoms with Crippen LogP contribution in [-0.2, 0) is 38.1 Å². The molecule has 2 heterocycles. The Bertz CT molecular complexity index is 563. The van der Waals surface area contributed by atoms with Crippen LogP contribution in [-0.4, -0.2) is 74.9 Å². The summed E-state index contributed by atoms with van der Waals surface area (Å²) in [5.41, 5.74) is 1.21. The highest BCUT2D eigenvalue weighted by Gasteiger charge is 2.24. The number of epoxide rings is 2. The first-order valence-corrected chi connectivity index (χ1v) is 8.90. The van der Waals surface area contributed by atoms with E-state index in [2.05, 4.69) is 24.5 Å². The highest BCUT2D eigenvalue weighted by atomic mass is 16.6. The third-order valence-electron chi connectivity index (χ3n) is 2.98. The highest BCUT2D eigenvalue weighted by molar-refractivity contribution is 5.87. The third-order valence-corrected chi connectivity index (χ3v) is 2.98. The number of hydrogen-bond donors (Lipinski definition) is 1. The molecule has 0 aromatic rings. The quantitative estimate of drug-likeness (QED) is 0.256. The molecule has 9 nitrogen and oxygen atoms in total. The molecule has 0 aliphatic carbocycles. The van der Waals surface area contributed by atoms with Crippen LogP contribution in [0.5, 0.6) is 0 Å². The maximum Gasteiger partial charge on any atom is 0.333 e. The Morgan fingerprint density at radius 3 is 1.34 bits per heavy atom. The summed E-state index contributed by atoms with van der Waals surface area (Å²) in [4.78, 5) is 31.9. The summed E-state index contributed by atoms with van der Waals surface area (Å²) in [5, 5.41) is 8.19.